The minimum absolute atomic E-state index is 0.104. The third-order valence-corrected chi connectivity index (χ3v) is 5.07. The lowest BCUT2D eigenvalue weighted by molar-refractivity contribution is -0.110. The van der Waals surface area contributed by atoms with Gasteiger partial charge < -0.3 is 0 Å². The second kappa shape index (κ2) is 6.96. The molecule has 3 rings (SSSR count). The van der Waals surface area contributed by atoms with Crippen LogP contribution in [-0.4, -0.2) is 11.5 Å². The first-order valence-corrected chi connectivity index (χ1v) is 9.14. The topological polar surface area (TPSA) is 17.1 Å². The van der Waals surface area contributed by atoms with E-state index in [1.54, 1.807) is 17.8 Å². The number of carbonyl (C=O) groups excluding carboxylic acids is 1. The number of fused-ring (bicyclic) bond motifs is 1. The van der Waals surface area contributed by atoms with Gasteiger partial charge in [-0.2, -0.15) is 0 Å². The van der Waals surface area contributed by atoms with Crippen LogP contribution in [0.4, 0.5) is 4.39 Å². The molecule has 1 aliphatic rings. The van der Waals surface area contributed by atoms with Gasteiger partial charge in [-0.1, -0.05) is 18.2 Å². The third kappa shape index (κ3) is 3.33. The smallest absolute Gasteiger partial charge is 0.226 e. The fourth-order valence-electron chi connectivity index (χ4n) is 2.99. The van der Waals surface area contributed by atoms with Crippen molar-refractivity contribution in [1.29, 1.82) is 0 Å². The molecule has 1 nitrogen and oxygen atoms in total. The van der Waals surface area contributed by atoms with Gasteiger partial charge in [0, 0.05) is 11.3 Å². The Morgan fingerprint density at radius 3 is 2.50 bits per heavy atom. The van der Waals surface area contributed by atoms with Crippen molar-refractivity contribution in [3.05, 3.63) is 70.5 Å². The molecule has 0 N–H and O–H groups in total. The highest BCUT2D eigenvalue weighted by molar-refractivity contribution is 7.98. The van der Waals surface area contributed by atoms with E-state index < -0.39 is 5.24 Å². The highest BCUT2D eigenvalue weighted by Crippen LogP contribution is 2.44. The lowest BCUT2D eigenvalue weighted by Crippen LogP contribution is -1.91. The van der Waals surface area contributed by atoms with E-state index in [1.807, 2.05) is 13.2 Å². The summed E-state index contributed by atoms with van der Waals surface area (Å²) >= 11 is 7.28. The molecular weight excluding hydrogens is 343 g/mol. The maximum Gasteiger partial charge on any atom is 0.226 e. The van der Waals surface area contributed by atoms with Crippen LogP contribution in [0.25, 0.3) is 17.2 Å². The van der Waals surface area contributed by atoms with Crippen molar-refractivity contribution in [2.45, 2.75) is 18.2 Å². The molecular formula is C20H16ClFOS. The number of carbonyl (C=O) groups is 1. The second-order valence-electron chi connectivity index (χ2n) is 5.66. The predicted molar refractivity (Wildman–Crippen MR) is 101 cm³/mol. The van der Waals surface area contributed by atoms with Crippen LogP contribution in [-0.2, 0) is 4.79 Å². The second-order valence-corrected chi connectivity index (χ2v) is 6.96. The molecule has 2 aromatic carbocycles. The molecule has 0 atom stereocenters. The van der Waals surface area contributed by atoms with Gasteiger partial charge in [0.15, 0.2) is 0 Å². The summed E-state index contributed by atoms with van der Waals surface area (Å²) in [4.78, 5) is 12.6. The molecule has 1 aliphatic carbocycles. The lowest BCUT2D eigenvalue weighted by Gasteiger charge is -2.05. The highest BCUT2D eigenvalue weighted by Gasteiger charge is 2.25. The van der Waals surface area contributed by atoms with Gasteiger partial charge in [-0.15, -0.1) is 11.8 Å². The molecule has 2 aromatic rings. The Kier molecular flexibility index (Phi) is 4.93. The molecule has 0 amide bonds. The molecule has 0 heterocycles. The van der Waals surface area contributed by atoms with Crippen LogP contribution in [0.5, 0.6) is 0 Å². The van der Waals surface area contributed by atoms with Crippen molar-refractivity contribution in [1.82, 2.24) is 0 Å². The zero-order chi connectivity index (χ0) is 17.3. The van der Waals surface area contributed by atoms with Crippen LogP contribution in [0.15, 0.2) is 52.9 Å². The van der Waals surface area contributed by atoms with E-state index in [4.69, 9.17) is 11.6 Å². The molecule has 0 spiro atoms. The number of thioether (sulfide) groups is 1. The van der Waals surface area contributed by atoms with Crippen molar-refractivity contribution in [3.8, 4) is 0 Å². The minimum atomic E-state index is -0.440. The number of benzene rings is 2. The number of hydrogen-bond acceptors (Lipinski definition) is 2. The van der Waals surface area contributed by atoms with Crippen LogP contribution in [0.3, 0.4) is 0 Å². The van der Waals surface area contributed by atoms with E-state index >= 15 is 0 Å². The van der Waals surface area contributed by atoms with Gasteiger partial charge in [0.1, 0.15) is 5.82 Å². The maximum atomic E-state index is 13.7. The van der Waals surface area contributed by atoms with E-state index in [0.717, 1.165) is 33.4 Å². The number of hydrogen-bond donors (Lipinski definition) is 0. The van der Waals surface area contributed by atoms with Crippen LogP contribution >= 0.6 is 23.4 Å². The van der Waals surface area contributed by atoms with Crippen molar-refractivity contribution in [2.75, 3.05) is 6.26 Å². The SMILES string of the molecule is CSc1ccc(/C=C2\C(C)=C(CC(=O)Cl)c3cc(F)ccc32)cc1. The largest absolute Gasteiger partial charge is 0.281 e. The Labute approximate surface area is 150 Å². The molecule has 122 valence electrons. The van der Waals surface area contributed by atoms with Gasteiger partial charge in [0.05, 0.1) is 0 Å². The third-order valence-electron chi connectivity index (χ3n) is 4.20. The van der Waals surface area contributed by atoms with E-state index in [1.165, 1.54) is 17.0 Å². The van der Waals surface area contributed by atoms with Gasteiger partial charge in [-0.25, -0.2) is 4.39 Å². The first-order chi connectivity index (χ1) is 11.5. The average Bonchev–Trinajstić information content (AvgIpc) is 2.80. The Balaban J connectivity index is 2.11. The van der Waals surface area contributed by atoms with Gasteiger partial charge in [0.25, 0.3) is 0 Å². The maximum absolute atomic E-state index is 13.7. The molecule has 24 heavy (non-hydrogen) atoms. The summed E-state index contributed by atoms with van der Waals surface area (Å²) < 4.78 is 13.7. The average molecular weight is 359 g/mol. The molecule has 0 saturated heterocycles. The highest BCUT2D eigenvalue weighted by atomic mass is 35.5. The minimum Gasteiger partial charge on any atom is -0.281 e. The van der Waals surface area contributed by atoms with Gasteiger partial charge >= 0.3 is 0 Å². The summed E-state index contributed by atoms with van der Waals surface area (Å²) in [6.45, 7) is 1.95. The Hall–Kier alpha value is -1.84. The number of rotatable bonds is 4. The van der Waals surface area contributed by atoms with Crippen LogP contribution in [0.1, 0.15) is 30.0 Å². The van der Waals surface area contributed by atoms with Crippen molar-refractivity contribution < 1.29 is 9.18 Å². The summed E-state index contributed by atoms with van der Waals surface area (Å²) in [5.41, 5.74) is 5.55. The monoisotopic (exact) mass is 358 g/mol. The summed E-state index contributed by atoms with van der Waals surface area (Å²) in [6, 6.07) is 12.9. The summed E-state index contributed by atoms with van der Waals surface area (Å²) in [7, 11) is 0. The van der Waals surface area contributed by atoms with Crippen LogP contribution in [0.2, 0.25) is 0 Å². The summed E-state index contributed by atoms with van der Waals surface area (Å²) in [5, 5.41) is -0.440. The summed E-state index contributed by atoms with van der Waals surface area (Å²) in [6.07, 6.45) is 4.21. The quantitative estimate of drug-likeness (QED) is 0.490. The Bertz CT molecular complexity index is 866. The van der Waals surface area contributed by atoms with Gasteiger partial charge in [0.2, 0.25) is 5.24 Å². The van der Waals surface area contributed by atoms with E-state index in [2.05, 4.69) is 30.3 Å². The molecule has 0 saturated carbocycles. The molecule has 0 aliphatic heterocycles. The van der Waals surface area contributed by atoms with Gasteiger partial charge in [-0.3, -0.25) is 4.79 Å². The van der Waals surface area contributed by atoms with Crippen LogP contribution in [0, 0.1) is 5.82 Å². The van der Waals surface area contributed by atoms with Crippen LogP contribution < -0.4 is 0 Å². The standard InChI is InChI=1S/C20H16ClFOS/c1-12-17(9-13-3-6-15(24-2)7-4-13)16-8-5-14(22)10-19(16)18(12)11-20(21)23/h3-10H,11H2,1-2H3/b17-9+. The zero-order valence-corrected chi connectivity index (χ0v) is 15.0. The first kappa shape index (κ1) is 17.0. The molecule has 0 radical (unpaired) electrons. The predicted octanol–water partition coefficient (Wildman–Crippen LogP) is 6.03. The van der Waals surface area contributed by atoms with Crippen molar-refractivity contribution in [2.24, 2.45) is 0 Å². The van der Waals surface area contributed by atoms with Gasteiger partial charge in [-0.05, 0) is 88.5 Å². The number of halogens is 2. The van der Waals surface area contributed by atoms with Crippen molar-refractivity contribution in [3.63, 3.8) is 0 Å². The molecule has 0 unspecified atom stereocenters. The van der Waals surface area contributed by atoms with E-state index in [9.17, 15) is 9.18 Å². The van der Waals surface area contributed by atoms with E-state index in [0.29, 0.717) is 0 Å². The Morgan fingerprint density at radius 2 is 1.88 bits per heavy atom. The fraction of sp³-hybridized carbons (Fsp3) is 0.150. The molecule has 0 fully saturated rings. The normalized spacial score (nSPS) is 15.1. The summed E-state index contributed by atoms with van der Waals surface area (Å²) in [5.74, 6) is -0.313. The van der Waals surface area contributed by atoms with Crippen molar-refractivity contribution >= 4 is 45.8 Å². The van der Waals surface area contributed by atoms with E-state index in [-0.39, 0.29) is 12.2 Å². The zero-order valence-electron chi connectivity index (χ0n) is 13.4. The molecule has 0 bridgehead atoms. The lowest BCUT2D eigenvalue weighted by atomic mass is 10.0. The first-order valence-electron chi connectivity index (χ1n) is 7.54. The molecule has 4 heteroatoms. The molecule has 0 aromatic heterocycles. The fourth-order valence-corrected chi connectivity index (χ4v) is 3.53. The Morgan fingerprint density at radius 1 is 1.17 bits per heavy atom. The number of allylic oxidation sites excluding steroid dienone is 3.